The minimum absolute atomic E-state index is 0.129. The van der Waals surface area contributed by atoms with Gasteiger partial charge < -0.3 is 0 Å². The van der Waals surface area contributed by atoms with Crippen molar-refractivity contribution in [3.05, 3.63) is 29.3 Å². The van der Waals surface area contributed by atoms with E-state index in [1.807, 2.05) is 0 Å². The zero-order valence-corrected chi connectivity index (χ0v) is 11.5. The molecule has 3 nitrogen and oxygen atoms in total. The van der Waals surface area contributed by atoms with Gasteiger partial charge in [0, 0.05) is 11.1 Å². The fourth-order valence-corrected chi connectivity index (χ4v) is 4.71. The van der Waals surface area contributed by atoms with E-state index in [1.165, 1.54) is 19.3 Å². The molecular formula is C13H16ClNO2S. The Morgan fingerprint density at radius 3 is 2.39 bits per heavy atom. The molecule has 0 amide bonds. The maximum Gasteiger partial charge on any atom is 0.240 e. The minimum atomic E-state index is -3.39. The molecule has 1 N–H and O–H groups in total. The summed E-state index contributed by atoms with van der Waals surface area (Å²) in [5.41, 5.74) is 0. The monoisotopic (exact) mass is 285 g/mol. The largest absolute Gasteiger partial charge is 0.240 e. The van der Waals surface area contributed by atoms with Gasteiger partial charge in [-0.2, -0.15) is 0 Å². The van der Waals surface area contributed by atoms with Crippen LogP contribution in [0.5, 0.6) is 0 Å². The Kier molecular flexibility index (Phi) is 3.12. The molecule has 5 heteroatoms. The fourth-order valence-electron chi connectivity index (χ4n) is 3.27. The van der Waals surface area contributed by atoms with E-state index in [2.05, 4.69) is 4.72 Å². The second-order valence-electron chi connectivity index (χ2n) is 5.36. The van der Waals surface area contributed by atoms with Gasteiger partial charge in [0.05, 0.1) is 4.90 Å². The van der Waals surface area contributed by atoms with Gasteiger partial charge in [0.2, 0.25) is 10.0 Å². The number of halogens is 1. The quantitative estimate of drug-likeness (QED) is 0.928. The Balaban J connectivity index is 1.77. The van der Waals surface area contributed by atoms with Crippen LogP contribution in [0.25, 0.3) is 0 Å². The first kappa shape index (κ1) is 12.5. The highest BCUT2D eigenvalue weighted by atomic mass is 35.5. The average Bonchev–Trinajstić information content (AvgIpc) is 2.91. The molecule has 0 aliphatic heterocycles. The van der Waals surface area contributed by atoms with E-state index in [4.69, 9.17) is 11.6 Å². The third-order valence-corrected chi connectivity index (χ3v) is 5.93. The van der Waals surface area contributed by atoms with Gasteiger partial charge >= 0.3 is 0 Å². The zero-order chi connectivity index (χ0) is 12.8. The minimum Gasteiger partial charge on any atom is -0.208 e. The molecule has 2 saturated carbocycles. The lowest BCUT2D eigenvalue weighted by Crippen LogP contribution is -2.38. The number of hydrogen-bond donors (Lipinski definition) is 1. The van der Waals surface area contributed by atoms with E-state index in [0.717, 1.165) is 12.3 Å². The van der Waals surface area contributed by atoms with E-state index in [0.29, 0.717) is 15.8 Å². The van der Waals surface area contributed by atoms with Gasteiger partial charge in [0.25, 0.3) is 0 Å². The van der Waals surface area contributed by atoms with Crippen molar-refractivity contribution in [1.82, 2.24) is 4.72 Å². The summed E-state index contributed by atoms with van der Waals surface area (Å²) < 4.78 is 27.3. The van der Waals surface area contributed by atoms with E-state index in [-0.39, 0.29) is 6.04 Å². The second kappa shape index (κ2) is 4.51. The summed E-state index contributed by atoms with van der Waals surface area (Å²) in [6, 6.07) is 6.45. The first-order valence-corrected chi connectivity index (χ1v) is 8.18. The molecule has 3 atom stereocenters. The van der Waals surface area contributed by atoms with E-state index < -0.39 is 10.0 Å². The highest BCUT2D eigenvalue weighted by Crippen LogP contribution is 2.44. The molecule has 2 bridgehead atoms. The predicted molar refractivity (Wildman–Crippen MR) is 71.0 cm³/mol. The van der Waals surface area contributed by atoms with Crippen LogP contribution in [0.3, 0.4) is 0 Å². The molecule has 0 radical (unpaired) electrons. The van der Waals surface area contributed by atoms with Crippen LogP contribution in [0.1, 0.15) is 25.7 Å². The molecule has 3 rings (SSSR count). The molecule has 18 heavy (non-hydrogen) atoms. The third kappa shape index (κ3) is 2.29. The van der Waals surface area contributed by atoms with Crippen LogP contribution < -0.4 is 4.72 Å². The van der Waals surface area contributed by atoms with Crippen molar-refractivity contribution in [1.29, 1.82) is 0 Å². The van der Waals surface area contributed by atoms with E-state index in [9.17, 15) is 8.42 Å². The highest BCUT2D eigenvalue weighted by Gasteiger charge is 2.41. The second-order valence-corrected chi connectivity index (χ2v) is 7.51. The SMILES string of the molecule is O=S(=O)(N[C@H]1C[C@H]2CC[C@@H]1C2)c1ccc(Cl)cc1. The molecular weight excluding hydrogens is 270 g/mol. The zero-order valence-electron chi connectivity index (χ0n) is 9.97. The Morgan fingerprint density at radius 1 is 1.11 bits per heavy atom. The Labute approximate surface area is 113 Å². The molecule has 0 aromatic heterocycles. The van der Waals surface area contributed by atoms with Gasteiger partial charge in [-0.15, -0.1) is 0 Å². The Morgan fingerprint density at radius 2 is 1.83 bits per heavy atom. The standard InChI is InChI=1S/C13H16ClNO2S/c14-11-3-5-12(6-4-11)18(16,17)15-13-8-9-1-2-10(13)7-9/h3-6,9-10,13,15H,1-2,7-8H2/t9-,10+,13-/m0/s1. The van der Waals surface area contributed by atoms with Crippen molar-refractivity contribution < 1.29 is 8.42 Å². The van der Waals surface area contributed by atoms with Crippen LogP contribution in [0, 0.1) is 11.8 Å². The maximum atomic E-state index is 12.2. The van der Waals surface area contributed by atoms with Crippen molar-refractivity contribution in [3.8, 4) is 0 Å². The maximum absolute atomic E-state index is 12.2. The first-order chi connectivity index (χ1) is 8.54. The van der Waals surface area contributed by atoms with Crippen molar-refractivity contribution in [3.63, 3.8) is 0 Å². The van der Waals surface area contributed by atoms with Crippen molar-refractivity contribution in [2.24, 2.45) is 11.8 Å². The molecule has 0 unspecified atom stereocenters. The number of rotatable bonds is 3. The summed E-state index contributed by atoms with van der Waals surface area (Å²) in [6.45, 7) is 0. The van der Waals surface area contributed by atoms with Gasteiger partial charge in [-0.05, 0) is 55.4 Å². The summed E-state index contributed by atoms with van der Waals surface area (Å²) in [5, 5.41) is 0.550. The molecule has 2 fully saturated rings. The van der Waals surface area contributed by atoms with Crippen LogP contribution in [0.15, 0.2) is 29.2 Å². The fraction of sp³-hybridized carbons (Fsp3) is 0.538. The Bertz CT molecular complexity index is 541. The molecule has 2 aliphatic carbocycles. The third-order valence-electron chi connectivity index (χ3n) is 4.17. The Hall–Kier alpha value is -0.580. The number of sulfonamides is 1. The topological polar surface area (TPSA) is 46.2 Å². The number of hydrogen-bond acceptors (Lipinski definition) is 2. The van der Waals surface area contributed by atoms with Gasteiger partial charge in [-0.25, -0.2) is 13.1 Å². The van der Waals surface area contributed by atoms with Gasteiger partial charge in [-0.3, -0.25) is 0 Å². The number of nitrogens with one attached hydrogen (secondary N) is 1. The number of benzene rings is 1. The van der Waals surface area contributed by atoms with Gasteiger partial charge in [-0.1, -0.05) is 18.0 Å². The molecule has 1 aromatic rings. The van der Waals surface area contributed by atoms with Crippen LogP contribution in [0.2, 0.25) is 5.02 Å². The van der Waals surface area contributed by atoms with Crippen LogP contribution >= 0.6 is 11.6 Å². The number of fused-ring (bicyclic) bond motifs is 2. The van der Waals surface area contributed by atoms with E-state index >= 15 is 0 Å². The smallest absolute Gasteiger partial charge is 0.208 e. The van der Waals surface area contributed by atoms with Crippen LogP contribution in [-0.2, 0) is 10.0 Å². The normalized spacial score (nSPS) is 30.8. The lowest BCUT2D eigenvalue weighted by Gasteiger charge is -2.22. The lowest BCUT2D eigenvalue weighted by atomic mass is 9.96. The molecule has 0 spiro atoms. The summed E-state index contributed by atoms with van der Waals surface area (Å²) in [4.78, 5) is 0.301. The molecule has 1 aromatic carbocycles. The van der Waals surface area contributed by atoms with Crippen molar-refractivity contribution >= 4 is 21.6 Å². The molecule has 0 heterocycles. The average molecular weight is 286 g/mol. The molecule has 0 saturated heterocycles. The molecule has 2 aliphatic rings. The predicted octanol–water partition coefficient (Wildman–Crippen LogP) is 2.81. The van der Waals surface area contributed by atoms with Crippen LogP contribution in [0.4, 0.5) is 0 Å². The van der Waals surface area contributed by atoms with Crippen molar-refractivity contribution in [2.45, 2.75) is 36.6 Å². The van der Waals surface area contributed by atoms with Gasteiger partial charge in [0.15, 0.2) is 0 Å². The lowest BCUT2D eigenvalue weighted by molar-refractivity contribution is 0.390. The summed E-state index contributed by atoms with van der Waals surface area (Å²) in [6.07, 6.45) is 4.62. The first-order valence-electron chi connectivity index (χ1n) is 6.32. The van der Waals surface area contributed by atoms with Crippen LogP contribution in [-0.4, -0.2) is 14.5 Å². The van der Waals surface area contributed by atoms with E-state index in [1.54, 1.807) is 24.3 Å². The van der Waals surface area contributed by atoms with Gasteiger partial charge in [0.1, 0.15) is 0 Å². The highest BCUT2D eigenvalue weighted by molar-refractivity contribution is 7.89. The summed E-state index contributed by atoms with van der Waals surface area (Å²) in [7, 11) is -3.39. The summed E-state index contributed by atoms with van der Waals surface area (Å²) in [5.74, 6) is 1.27. The summed E-state index contributed by atoms with van der Waals surface area (Å²) >= 11 is 5.77. The van der Waals surface area contributed by atoms with Crippen molar-refractivity contribution in [2.75, 3.05) is 0 Å². The molecule has 98 valence electrons.